The van der Waals surface area contributed by atoms with Crippen molar-refractivity contribution < 1.29 is 9.90 Å². The summed E-state index contributed by atoms with van der Waals surface area (Å²) in [7, 11) is 0. The van der Waals surface area contributed by atoms with Crippen molar-refractivity contribution >= 4 is 17.3 Å². The quantitative estimate of drug-likeness (QED) is 0.213. The molecule has 0 aliphatic heterocycles. The molecule has 2 rings (SSSR count). The van der Waals surface area contributed by atoms with Crippen LogP contribution < -0.4 is 5.56 Å². The molecule has 0 aliphatic rings. The second-order valence-corrected chi connectivity index (χ2v) is 10.6. The molecule has 1 aromatic carbocycles. The Labute approximate surface area is 239 Å². The van der Waals surface area contributed by atoms with E-state index in [4.69, 9.17) is 0 Å². The number of aromatic nitrogens is 1. The SMILES string of the molecule is CCCCC(CC)CN(CC(CC)CCCC)C(=O)c1ccc(N=Nc2c(C)c(C#N)c(O)n(CC)c2=O)cc1. The molecule has 40 heavy (non-hydrogen) atoms. The summed E-state index contributed by atoms with van der Waals surface area (Å²) in [5.74, 6) is 0.644. The minimum absolute atomic E-state index is 0.00470. The van der Waals surface area contributed by atoms with E-state index in [-0.39, 0.29) is 35.1 Å². The molecule has 0 radical (unpaired) electrons. The molecular formula is C32H47N5O3. The lowest BCUT2D eigenvalue weighted by Gasteiger charge is -2.31. The lowest BCUT2D eigenvalue weighted by molar-refractivity contribution is 0.0685. The maximum Gasteiger partial charge on any atom is 0.281 e. The van der Waals surface area contributed by atoms with E-state index in [9.17, 15) is 20.0 Å². The van der Waals surface area contributed by atoms with Crippen molar-refractivity contribution in [3.05, 3.63) is 51.3 Å². The van der Waals surface area contributed by atoms with Gasteiger partial charge in [0.05, 0.1) is 5.69 Å². The zero-order valence-electron chi connectivity index (χ0n) is 25.2. The first-order valence-corrected chi connectivity index (χ1v) is 14.9. The molecule has 0 bridgehead atoms. The number of aromatic hydroxyl groups is 1. The van der Waals surface area contributed by atoms with Crippen LogP contribution in [0.1, 0.15) is 107 Å². The summed E-state index contributed by atoms with van der Waals surface area (Å²) in [4.78, 5) is 28.6. The van der Waals surface area contributed by atoms with Crippen LogP contribution in [-0.4, -0.2) is 33.6 Å². The van der Waals surface area contributed by atoms with Crippen LogP contribution in [0.4, 0.5) is 11.4 Å². The van der Waals surface area contributed by atoms with Gasteiger partial charge >= 0.3 is 0 Å². The van der Waals surface area contributed by atoms with Gasteiger partial charge in [-0.2, -0.15) is 10.4 Å². The summed E-state index contributed by atoms with van der Waals surface area (Å²) in [6.07, 6.45) is 9.03. The first kappa shape index (κ1) is 32.7. The Morgan fingerprint density at radius 2 is 1.52 bits per heavy atom. The van der Waals surface area contributed by atoms with E-state index < -0.39 is 5.56 Å². The molecule has 0 aliphatic carbocycles. The van der Waals surface area contributed by atoms with E-state index in [1.807, 2.05) is 6.07 Å². The van der Waals surface area contributed by atoms with Crippen LogP contribution in [0.3, 0.4) is 0 Å². The van der Waals surface area contributed by atoms with E-state index >= 15 is 0 Å². The molecule has 1 aromatic heterocycles. The molecule has 0 saturated carbocycles. The van der Waals surface area contributed by atoms with Gasteiger partial charge in [0.25, 0.3) is 11.5 Å². The Balaban J connectivity index is 2.32. The summed E-state index contributed by atoms with van der Waals surface area (Å²) in [5.41, 5.74) is 0.881. The molecule has 1 amide bonds. The average molecular weight is 550 g/mol. The predicted molar refractivity (Wildman–Crippen MR) is 161 cm³/mol. The van der Waals surface area contributed by atoms with Gasteiger partial charge in [0.1, 0.15) is 11.6 Å². The Kier molecular flexibility index (Phi) is 13.6. The second kappa shape index (κ2) is 16.6. The smallest absolute Gasteiger partial charge is 0.281 e. The number of nitrogens with zero attached hydrogens (tertiary/aromatic N) is 5. The van der Waals surface area contributed by atoms with E-state index in [0.29, 0.717) is 23.1 Å². The Morgan fingerprint density at radius 1 is 0.975 bits per heavy atom. The Morgan fingerprint density at radius 3 is 1.98 bits per heavy atom. The third-order valence-corrected chi connectivity index (χ3v) is 7.80. The topological polar surface area (TPSA) is 111 Å². The number of benzene rings is 1. The van der Waals surface area contributed by atoms with Gasteiger partial charge in [0.2, 0.25) is 5.88 Å². The minimum Gasteiger partial charge on any atom is -0.493 e. The second-order valence-electron chi connectivity index (χ2n) is 10.6. The summed E-state index contributed by atoms with van der Waals surface area (Å²) < 4.78 is 1.10. The number of amides is 1. The maximum absolute atomic E-state index is 13.7. The maximum atomic E-state index is 13.7. The Hall–Kier alpha value is -3.47. The van der Waals surface area contributed by atoms with E-state index in [0.717, 1.165) is 56.2 Å². The highest BCUT2D eigenvalue weighted by Gasteiger charge is 2.23. The van der Waals surface area contributed by atoms with Gasteiger partial charge < -0.3 is 10.0 Å². The molecule has 1 heterocycles. The monoisotopic (exact) mass is 549 g/mol. The lowest BCUT2D eigenvalue weighted by Crippen LogP contribution is -2.39. The van der Waals surface area contributed by atoms with Crippen LogP contribution in [0.25, 0.3) is 0 Å². The lowest BCUT2D eigenvalue weighted by atomic mass is 9.95. The molecule has 2 atom stereocenters. The fourth-order valence-corrected chi connectivity index (χ4v) is 5.01. The van der Waals surface area contributed by atoms with Crippen molar-refractivity contribution in [1.29, 1.82) is 5.26 Å². The largest absolute Gasteiger partial charge is 0.493 e. The number of rotatable bonds is 16. The molecule has 2 aromatic rings. The predicted octanol–water partition coefficient (Wildman–Crippen LogP) is 8.04. The van der Waals surface area contributed by atoms with Crippen LogP contribution in [0.15, 0.2) is 39.3 Å². The first-order chi connectivity index (χ1) is 19.3. The molecule has 0 fully saturated rings. The van der Waals surface area contributed by atoms with Gasteiger partial charge in [0, 0.05) is 30.8 Å². The number of hydrogen-bond donors (Lipinski definition) is 1. The molecule has 0 spiro atoms. The summed E-state index contributed by atoms with van der Waals surface area (Å²) >= 11 is 0. The molecular weight excluding hydrogens is 502 g/mol. The van der Waals surface area contributed by atoms with Gasteiger partial charge in [-0.25, -0.2) is 0 Å². The highest BCUT2D eigenvalue weighted by Crippen LogP contribution is 2.27. The highest BCUT2D eigenvalue weighted by molar-refractivity contribution is 5.94. The number of nitriles is 1. The number of pyridine rings is 1. The van der Waals surface area contributed by atoms with Crippen LogP contribution >= 0.6 is 0 Å². The number of carbonyl (C=O) groups excluding carboxylic acids is 1. The summed E-state index contributed by atoms with van der Waals surface area (Å²) in [6.45, 7) is 13.8. The van der Waals surface area contributed by atoms with E-state index in [1.165, 1.54) is 12.8 Å². The Bertz CT molecular complexity index is 1210. The van der Waals surface area contributed by atoms with Gasteiger partial charge in [-0.05, 0) is 62.8 Å². The average Bonchev–Trinajstić information content (AvgIpc) is 2.96. The fourth-order valence-electron chi connectivity index (χ4n) is 5.01. The highest BCUT2D eigenvalue weighted by atomic mass is 16.3. The van der Waals surface area contributed by atoms with Crippen LogP contribution in [-0.2, 0) is 6.54 Å². The molecule has 0 saturated heterocycles. The zero-order valence-corrected chi connectivity index (χ0v) is 25.2. The molecule has 2 unspecified atom stereocenters. The van der Waals surface area contributed by atoms with Crippen molar-refractivity contribution in [3.8, 4) is 11.9 Å². The van der Waals surface area contributed by atoms with Crippen molar-refractivity contribution in [2.24, 2.45) is 22.1 Å². The minimum atomic E-state index is -0.509. The van der Waals surface area contributed by atoms with Crippen LogP contribution in [0, 0.1) is 30.1 Å². The standard InChI is InChI=1S/C32H47N5O3/c1-7-12-14-24(9-3)21-36(22-25(10-4)15-13-8-2)30(38)26-16-18-27(19-17-26)34-35-29-23(6)28(20-33)31(39)37(11-5)32(29)40/h16-19,24-25,39H,7-15,21-22H2,1-6H3. The number of hydrogen-bond acceptors (Lipinski definition) is 6. The van der Waals surface area contributed by atoms with Crippen molar-refractivity contribution in [3.63, 3.8) is 0 Å². The fraction of sp³-hybridized carbons (Fsp3) is 0.594. The molecule has 8 heteroatoms. The van der Waals surface area contributed by atoms with Crippen LogP contribution in [0.5, 0.6) is 5.88 Å². The van der Waals surface area contributed by atoms with Gasteiger partial charge in [-0.15, -0.1) is 5.11 Å². The van der Waals surface area contributed by atoms with Crippen molar-refractivity contribution in [2.75, 3.05) is 13.1 Å². The van der Waals surface area contributed by atoms with Gasteiger partial charge in [-0.1, -0.05) is 66.2 Å². The van der Waals surface area contributed by atoms with Gasteiger partial charge in [-0.3, -0.25) is 14.2 Å². The molecule has 218 valence electrons. The first-order valence-electron chi connectivity index (χ1n) is 14.9. The summed E-state index contributed by atoms with van der Waals surface area (Å²) in [5, 5.41) is 28.0. The number of unbranched alkanes of at least 4 members (excludes halogenated alkanes) is 2. The molecule has 1 N–H and O–H groups in total. The normalized spacial score (nSPS) is 12.8. The molecule has 8 nitrogen and oxygen atoms in total. The zero-order chi connectivity index (χ0) is 29.7. The number of azo groups is 1. The van der Waals surface area contributed by atoms with E-state index in [1.54, 1.807) is 38.1 Å². The third-order valence-electron chi connectivity index (χ3n) is 7.80. The van der Waals surface area contributed by atoms with Crippen LogP contribution in [0.2, 0.25) is 0 Å². The number of carbonyl (C=O) groups is 1. The summed E-state index contributed by atoms with van der Waals surface area (Å²) in [6, 6.07) is 8.90. The van der Waals surface area contributed by atoms with Crippen molar-refractivity contribution in [2.45, 2.75) is 99.5 Å². The third kappa shape index (κ3) is 8.51. The van der Waals surface area contributed by atoms with E-state index in [2.05, 4.69) is 42.8 Å². The van der Waals surface area contributed by atoms with Gasteiger partial charge in [0.15, 0.2) is 5.69 Å². The van der Waals surface area contributed by atoms with Crippen molar-refractivity contribution in [1.82, 2.24) is 9.47 Å².